The predicted octanol–water partition coefficient (Wildman–Crippen LogP) is 2.03. The van der Waals surface area contributed by atoms with E-state index >= 15 is 0 Å². The summed E-state index contributed by atoms with van der Waals surface area (Å²) >= 11 is 11.4. The highest BCUT2D eigenvalue weighted by molar-refractivity contribution is 6.37. The summed E-state index contributed by atoms with van der Waals surface area (Å²) in [5.74, 6) is 0.0185. The summed E-state index contributed by atoms with van der Waals surface area (Å²) in [6, 6.07) is 2.82. The molecule has 4 N–H and O–H groups in total. The van der Waals surface area contributed by atoms with Crippen molar-refractivity contribution in [1.29, 1.82) is 0 Å². The van der Waals surface area contributed by atoms with Crippen LogP contribution in [-0.4, -0.2) is 6.09 Å². The van der Waals surface area contributed by atoms with Gasteiger partial charge in [0.1, 0.15) is 0 Å². The van der Waals surface area contributed by atoms with E-state index in [2.05, 4.69) is 4.74 Å². The van der Waals surface area contributed by atoms with Gasteiger partial charge in [0.05, 0.1) is 10.0 Å². The van der Waals surface area contributed by atoms with E-state index in [1.165, 1.54) is 12.1 Å². The fraction of sp³-hybridized carbons (Fsp3) is 0. The molecule has 0 aliphatic rings. The van der Waals surface area contributed by atoms with E-state index in [4.69, 9.17) is 34.7 Å². The lowest BCUT2D eigenvalue weighted by molar-refractivity contribution is 0.211. The number of ether oxygens (including phenoxy) is 1. The maximum absolute atomic E-state index is 10.4. The number of anilines is 1. The van der Waals surface area contributed by atoms with Crippen LogP contribution in [0.25, 0.3) is 0 Å². The molecular formula is C7H6Cl2N2O2. The first-order valence-electron chi connectivity index (χ1n) is 3.22. The number of nitrogens with two attached hydrogens (primary N) is 2. The summed E-state index contributed by atoms with van der Waals surface area (Å²) in [7, 11) is 0. The summed E-state index contributed by atoms with van der Waals surface area (Å²) in [6.07, 6.45) is -0.978. The van der Waals surface area contributed by atoms with E-state index in [0.717, 1.165) is 0 Å². The van der Waals surface area contributed by atoms with E-state index in [-0.39, 0.29) is 15.8 Å². The normalized spacial score (nSPS) is 9.69. The summed E-state index contributed by atoms with van der Waals surface area (Å²) in [5.41, 5.74) is 10.6. The molecule has 0 saturated carbocycles. The molecule has 0 bridgehead atoms. The minimum Gasteiger partial charge on any atom is -0.407 e. The molecule has 1 aromatic carbocycles. The third kappa shape index (κ3) is 2.40. The predicted molar refractivity (Wildman–Crippen MR) is 51.1 cm³/mol. The summed E-state index contributed by atoms with van der Waals surface area (Å²) in [4.78, 5) is 10.4. The van der Waals surface area contributed by atoms with Crippen LogP contribution in [-0.2, 0) is 0 Å². The van der Waals surface area contributed by atoms with Gasteiger partial charge in [-0.05, 0) is 12.1 Å². The fourth-order valence-corrected chi connectivity index (χ4v) is 1.36. The largest absolute Gasteiger partial charge is 0.410 e. The molecule has 0 aromatic heterocycles. The zero-order valence-electron chi connectivity index (χ0n) is 6.38. The Bertz CT molecular complexity index is 331. The smallest absolute Gasteiger partial charge is 0.407 e. The SMILES string of the molecule is NC(=O)Oc1c(Cl)cc(N)cc1Cl. The van der Waals surface area contributed by atoms with E-state index in [1.54, 1.807) is 0 Å². The van der Waals surface area contributed by atoms with Crippen molar-refractivity contribution in [2.45, 2.75) is 0 Å². The minimum absolute atomic E-state index is 0.0185. The van der Waals surface area contributed by atoms with Gasteiger partial charge in [-0.25, -0.2) is 4.79 Å². The van der Waals surface area contributed by atoms with Crippen LogP contribution >= 0.6 is 23.2 Å². The van der Waals surface area contributed by atoms with Crippen LogP contribution in [0, 0.1) is 0 Å². The molecule has 0 heterocycles. The second kappa shape index (κ2) is 3.72. The molecule has 0 spiro atoms. The van der Waals surface area contributed by atoms with Crippen molar-refractivity contribution in [2.75, 3.05) is 5.73 Å². The van der Waals surface area contributed by atoms with Crippen LogP contribution in [0.3, 0.4) is 0 Å². The molecule has 0 fully saturated rings. The highest BCUT2D eigenvalue weighted by Crippen LogP contribution is 2.34. The van der Waals surface area contributed by atoms with E-state index in [9.17, 15) is 4.79 Å². The van der Waals surface area contributed by atoms with E-state index in [0.29, 0.717) is 5.69 Å². The third-order valence-corrected chi connectivity index (χ3v) is 1.78. The van der Waals surface area contributed by atoms with Gasteiger partial charge in [-0.3, -0.25) is 0 Å². The lowest BCUT2D eigenvalue weighted by Crippen LogP contribution is -2.16. The molecule has 1 rings (SSSR count). The molecule has 6 heteroatoms. The molecule has 70 valence electrons. The van der Waals surface area contributed by atoms with Crippen molar-refractivity contribution in [3.63, 3.8) is 0 Å². The van der Waals surface area contributed by atoms with Gasteiger partial charge in [0.25, 0.3) is 0 Å². The second-order valence-corrected chi connectivity index (χ2v) is 3.05. The lowest BCUT2D eigenvalue weighted by Gasteiger charge is -2.06. The number of nitrogen functional groups attached to an aromatic ring is 1. The van der Waals surface area contributed by atoms with Crippen LogP contribution in [0.1, 0.15) is 0 Å². The van der Waals surface area contributed by atoms with Crippen LogP contribution in [0.15, 0.2) is 12.1 Å². The zero-order chi connectivity index (χ0) is 10.0. The third-order valence-electron chi connectivity index (χ3n) is 1.22. The molecular weight excluding hydrogens is 215 g/mol. The number of hydrogen-bond donors (Lipinski definition) is 2. The number of amides is 1. The van der Waals surface area contributed by atoms with Gasteiger partial charge in [-0.2, -0.15) is 0 Å². The molecule has 0 saturated heterocycles. The maximum atomic E-state index is 10.4. The summed E-state index contributed by atoms with van der Waals surface area (Å²) in [5, 5.41) is 0.285. The number of carbonyl (C=O) groups is 1. The molecule has 1 aromatic rings. The van der Waals surface area contributed by atoms with Gasteiger partial charge in [0, 0.05) is 5.69 Å². The first-order chi connectivity index (χ1) is 6.00. The zero-order valence-corrected chi connectivity index (χ0v) is 7.89. The van der Waals surface area contributed by atoms with Gasteiger partial charge >= 0.3 is 6.09 Å². The van der Waals surface area contributed by atoms with Crippen molar-refractivity contribution in [3.8, 4) is 5.75 Å². The Morgan fingerprint density at radius 1 is 1.31 bits per heavy atom. The molecule has 0 aliphatic carbocycles. The quantitative estimate of drug-likeness (QED) is 0.712. The fourth-order valence-electron chi connectivity index (χ4n) is 0.778. The lowest BCUT2D eigenvalue weighted by atomic mass is 10.3. The highest BCUT2D eigenvalue weighted by atomic mass is 35.5. The Labute approximate surface area is 84.4 Å². The van der Waals surface area contributed by atoms with Crippen LogP contribution in [0.2, 0.25) is 10.0 Å². The molecule has 4 nitrogen and oxygen atoms in total. The maximum Gasteiger partial charge on any atom is 0.410 e. The van der Waals surface area contributed by atoms with Gasteiger partial charge in [-0.1, -0.05) is 23.2 Å². The van der Waals surface area contributed by atoms with Gasteiger partial charge in [0.15, 0.2) is 5.75 Å². The first-order valence-corrected chi connectivity index (χ1v) is 3.98. The van der Waals surface area contributed by atoms with E-state index in [1.807, 2.05) is 0 Å². The number of primary amides is 1. The van der Waals surface area contributed by atoms with Crippen LogP contribution in [0.4, 0.5) is 10.5 Å². The van der Waals surface area contributed by atoms with Crippen LogP contribution < -0.4 is 16.2 Å². The second-order valence-electron chi connectivity index (χ2n) is 2.23. The minimum atomic E-state index is -0.978. The average Bonchev–Trinajstić information content (AvgIpc) is 1.96. The molecule has 0 atom stereocenters. The Morgan fingerprint density at radius 2 is 1.77 bits per heavy atom. The average molecular weight is 221 g/mol. The number of rotatable bonds is 1. The Kier molecular flexibility index (Phi) is 2.85. The molecule has 0 unspecified atom stereocenters. The molecule has 1 amide bonds. The van der Waals surface area contributed by atoms with Crippen molar-refractivity contribution >= 4 is 35.0 Å². The number of benzene rings is 1. The van der Waals surface area contributed by atoms with Crippen molar-refractivity contribution in [1.82, 2.24) is 0 Å². The van der Waals surface area contributed by atoms with E-state index < -0.39 is 6.09 Å². The standard InChI is InChI=1S/C7H6Cl2N2O2/c8-4-1-3(10)2-5(9)6(4)13-7(11)12/h1-2H,10H2,(H2,11,12). The Hall–Kier alpha value is -1.13. The topological polar surface area (TPSA) is 78.3 Å². The summed E-state index contributed by atoms with van der Waals surface area (Å²) in [6.45, 7) is 0. The van der Waals surface area contributed by atoms with Crippen molar-refractivity contribution in [2.24, 2.45) is 5.73 Å². The summed E-state index contributed by atoms with van der Waals surface area (Å²) < 4.78 is 4.55. The molecule has 0 radical (unpaired) electrons. The highest BCUT2D eigenvalue weighted by Gasteiger charge is 2.10. The Balaban J connectivity index is 3.13. The Morgan fingerprint density at radius 3 is 2.15 bits per heavy atom. The molecule has 0 aliphatic heterocycles. The van der Waals surface area contributed by atoms with Crippen LogP contribution in [0.5, 0.6) is 5.75 Å². The monoisotopic (exact) mass is 220 g/mol. The number of halogens is 2. The van der Waals surface area contributed by atoms with Gasteiger partial charge in [-0.15, -0.1) is 0 Å². The van der Waals surface area contributed by atoms with Gasteiger partial charge < -0.3 is 16.2 Å². The first kappa shape index (κ1) is 9.95. The number of carbonyl (C=O) groups excluding carboxylic acids is 1. The van der Waals surface area contributed by atoms with Crippen molar-refractivity contribution < 1.29 is 9.53 Å². The number of hydrogen-bond acceptors (Lipinski definition) is 3. The van der Waals surface area contributed by atoms with Gasteiger partial charge in [0.2, 0.25) is 0 Å². The van der Waals surface area contributed by atoms with Crippen molar-refractivity contribution in [3.05, 3.63) is 22.2 Å². The molecule has 13 heavy (non-hydrogen) atoms.